The van der Waals surface area contributed by atoms with Crippen molar-refractivity contribution in [2.45, 2.75) is 13.0 Å². The maximum Gasteiger partial charge on any atom is 0.257 e. The van der Waals surface area contributed by atoms with Gasteiger partial charge >= 0.3 is 0 Å². The SMILES string of the molecule is O=C(c1cc2ccccc2cc1O)N1CCc2ccccc2C1. The third-order valence-corrected chi connectivity index (χ3v) is 4.51. The molecule has 3 heteroatoms. The van der Waals surface area contributed by atoms with Crippen molar-refractivity contribution < 1.29 is 9.90 Å². The minimum absolute atomic E-state index is 0.0487. The highest BCUT2D eigenvalue weighted by molar-refractivity contribution is 6.01. The highest BCUT2D eigenvalue weighted by atomic mass is 16.3. The van der Waals surface area contributed by atoms with Crippen molar-refractivity contribution in [3.05, 3.63) is 77.4 Å². The molecule has 3 aromatic rings. The Morgan fingerprint density at radius 1 is 0.913 bits per heavy atom. The molecule has 0 radical (unpaired) electrons. The quantitative estimate of drug-likeness (QED) is 0.744. The summed E-state index contributed by atoms with van der Waals surface area (Å²) >= 11 is 0. The number of fused-ring (bicyclic) bond motifs is 2. The van der Waals surface area contributed by atoms with Crippen LogP contribution in [0, 0.1) is 0 Å². The number of benzene rings is 3. The van der Waals surface area contributed by atoms with Crippen molar-refractivity contribution in [1.82, 2.24) is 4.90 Å². The molecular formula is C20H17NO2. The molecule has 0 saturated heterocycles. The normalized spacial score (nSPS) is 13.8. The molecule has 0 fully saturated rings. The molecule has 1 amide bonds. The number of hydrogen-bond donors (Lipinski definition) is 1. The number of hydrogen-bond acceptors (Lipinski definition) is 2. The second kappa shape index (κ2) is 5.43. The summed E-state index contributed by atoms with van der Waals surface area (Å²) < 4.78 is 0. The molecule has 0 bridgehead atoms. The summed E-state index contributed by atoms with van der Waals surface area (Å²) in [5.41, 5.74) is 2.87. The maximum absolute atomic E-state index is 12.8. The molecule has 1 N–H and O–H groups in total. The summed E-state index contributed by atoms with van der Waals surface area (Å²) in [6.45, 7) is 1.28. The molecule has 0 spiro atoms. The lowest BCUT2D eigenvalue weighted by Gasteiger charge is -2.29. The molecule has 4 rings (SSSR count). The Morgan fingerprint density at radius 3 is 2.35 bits per heavy atom. The van der Waals surface area contributed by atoms with E-state index < -0.39 is 0 Å². The molecule has 1 aliphatic heterocycles. The zero-order valence-corrected chi connectivity index (χ0v) is 12.7. The molecule has 3 nitrogen and oxygen atoms in total. The van der Waals surface area contributed by atoms with Gasteiger partial charge in [-0.05, 0) is 40.5 Å². The lowest BCUT2D eigenvalue weighted by atomic mass is 9.98. The number of carbonyl (C=O) groups is 1. The fourth-order valence-electron chi connectivity index (χ4n) is 3.24. The summed E-state index contributed by atoms with van der Waals surface area (Å²) in [4.78, 5) is 14.7. The molecule has 1 heterocycles. The molecule has 0 aliphatic carbocycles. The molecule has 0 atom stereocenters. The second-order valence-electron chi connectivity index (χ2n) is 5.96. The van der Waals surface area contributed by atoms with Gasteiger partial charge in [0.25, 0.3) is 5.91 Å². The average molecular weight is 303 g/mol. The van der Waals surface area contributed by atoms with Crippen LogP contribution in [0.2, 0.25) is 0 Å². The van der Waals surface area contributed by atoms with Gasteiger partial charge in [-0.1, -0.05) is 48.5 Å². The van der Waals surface area contributed by atoms with Crippen molar-refractivity contribution in [3.63, 3.8) is 0 Å². The molecule has 1 aliphatic rings. The van der Waals surface area contributed by atoms with E-state index in [1.54, 1.807) is 12.1 Å². The van der Waals surface area contributed by atoms with Gasteiger partial charge in [-0.25, -0.2) is 0 Å². The van der Waals surface area contributed by atoms with Gasteiger partial charge in [-0.2, -0.15) is 0 Å². The Kier molecular flexibility index (Phi) is 3.27. The lowest BCUT2D eigenvalue weighted by molar-refractivity contribution is 0.0732. The van der Waals surface area contributed by atoms with Crippen LogP contribution in [-0.2, 0) is 13.0 Å². The Labute approximate surface area is 134 Å². The minimum Gasteiger partial charge on any atom is -0.507 e. The highest BCUT2D eigenvalue weighted by Gasteiger charge is 2.23. The van der Waals surface area contributed by atoms with Crippen LogP contribution in [0.15, 0.2) is 60.7 Å². The zero-order valence-electron chi connectivity index (χ0n) is 12.7. The fourth-order valence-corrected chi connectivity index (χ4v) is 3.24. The van der Waals surface area contributed by atoms with Crippen molar-refractivity contribution in [2.75, 3.05) is 6.54 Å². The van der Waals surface area contributed by atoms with E-state index in [9.17, 15) is 9.90 Å². The van der Waals surface area contributed by atoms with E-state index in [0.717, 1.165) is 17.2 Å². The van der Waals surface area contributed by atoms with E-state index in [1.807, 2.05) is 41.3 Å². The van der Waals surface area contributed by atoms with E-state index in [1.165, 1.54) is 11.1 Å². The Morgan fingerprint density at radius 2 is 1.57 bits per heavy atom. The minimum atomic E-state index is -0.109. The Hall–Kier alpha value is -2.81. The smallest absolute Gasteiger partial charge is 0.257 e. The first-order valence-corrected chi connectivity index (χ1v) is 7.80. The summed E-state index contributed by atoms with van der Waals surface area (Å²) in [6.07, 6.45) is 0.857. The van der Waals surface area contributed by atoms with Gasteiger partial charge in [0.2, 0.25) is 0 Å². The van der Waals surface area contributed by atoms with E-state index in [0.29, 0.717) is 18.7 Å². The van der Waals surface area contributed by atoms with Gasteiger partial charge in [-0.15, -0.1) is 0 Å². The number of aromatic hydroxyl groups is 1. The monoisotopic (exact) mass is 303 g/mol. The molecule has 0 aromatic heterocycles. The number of rotatable bonds is 1. The number of nitrogens with zero attached hydrogens (tertiary/aromatic N) is 1. The average Bonchev–Trinajstić information content (AvgIpc) is 2.60. The van der Waals surface area contributed by atoms with Crippen LogP contribution in [-0.4, -0.2) is 22.5 Å². The fraction of sp³-hybridized carbons (Fsp3) is 0.150. The summed E-state index contributed by atoms with van der Waals surface area (Å²) in [6, 6.07) is 19.4. The predicted molar refractivity (Wildman–Crippen MR) is 90.5 cm³/mol. The Bertz CT molecular complexity index is 901. The van der Waals surface area contributed by atoms with E-state index in [-0.39, 0.29) is 11.7 Å². The first-order valence-electron chi connectivity index (χ1n) is 7.80. The predicted octanol–water partition coefficient (Wildman–Crippen LogP) is 3.74. The lowest BCUT2D eigenvalue weighted by Crippen LogP contribution is -2.35. The summed E-state index contributed by atoms with van der Waals surface area (Å²) in [5.74, 6) is -0.0599. The van der Waals surface area contributed by atoms with Crippen molar-refractivity contribution in [3.8, 4) is 5.75 Å². The van der Waals surface area contributed by atoms with Crippen molar-refractivity contribution >= 4 is 16.7 Å². The second-order valence-corrected chi connectivity index (χ2v) is 5.96. The van der Waals surface area contributed by atoms with E-state index >= 15 is 0 Å². The third kappa shape index (κ3) is 2.44. The van der Waals surface area contributed by atoms with Gasteiger partial charge in [0.05, 0.1) is 5.56 Å². The van der Waals surface area contributed by atoms with E-state index in [2.05, 4.69) is 12.1 Å². The zero-order chi connectivity index (χ0) is 15.8. The first kappa shape index (κ1) is 13.8. The molecule has 23 heavy (non-hydrogen) atoms. The van der Waals surface area contributed by atoms with Crippen molar-refractivity contribution in [1.29, 1.82) is 0 Å². The van der Waals surface area contributed by atoms with Crippen molar-refractivity contribution in [2.24, 2.45) is 0 Å². The topological polar surface area (TPSA) is 40.5 Å². The molecular weight excluding hydrogens is 286 g/mol. The third-order valence-electron chi connectivity index (χ3n) is 4.51. The summed E-state index contributed by atoms with van der Waals surface area (Å²) in [5, 5.41) is 12.2. The van der Waals surface area contributed by atoms with Crippen LogP contribution < -0.4 is 0 Å². The molecule has 114 valence electrons. The van der Waals surface area contributed by atoms with E-state index in [4.69, 9.17) is 0 Å². The number of carbonyl (C=O) groups excluding carboxylic acids is 1. The molecule has 0 saturated carbocycles. The van der Waals surface area contributed by atoms with Crippen LogP contribution in [0.5, 0.6) is 5.75 Å². The summed E-state index contributed by atoms with van der Waals surface area (Å²) in [7, 11) is 0. The van der Waals surface area contributed by atoms with Gasteiger partial charge in [0.1, 0.15) is 5.75 Å². The van der Waals surface area contributed by atoms with Gasteiger partial charge < -0.3 is 10.0 Å². The molecule has 3 aromatic carbocycles. The van der Waals surface area contributed by atoms with Crippen LogP contribution in [0.4, 0.5) is 0 Å². The molecule has 0 unspecified atom stereocenters. The maximum atomic E-state index is 12.8. The van der Waals surface area contributed by atoms with Gasteiger partial charge in [0.15, 0.2) is 0 Å². The van der Waals surface area contributed by atoms with Crippen LogP contribution in [0.3, 0.4) is 0 Å². The standard InChI is InChI=1S/C20H17NO2/c22-19-12-16-7-3-2-6-15(16)11-18(19)20(23)21-10-9-14-5-1-4-8-17(14)13-21/h1-8,11-12,22H,9-10,13H2. The Balaban J connectivity index is 1.69. The van der Waals surface area contributed by atoms with Crippen LogP contribution >= 0.6 is 0 Å². The van der Waals surface area contributed by atoms with Gasteiger partial charge in [-0.3, -0.25) is 4.79 Å². The number of phenols is 1. The van der Waals surface area contributed by atoms with Crippen LogP contribution in [0.25, 0.3) is 10.8 Å². The van der Waals surface area contributed by atoms with Crippen LogP contribution in [0.1, 0.15) is 21.5 Å². The largest absolute Gasteiger partial charge is 0.507 e. The number of amides is 1. The number of phenolic OH excluding ortho intramolecular Hbond substituents is 1. The first-order chi connectivity index (χ1) is 11.2. The highest BCUT2D eigenvalue weighted by Crippen LogP contribution is 2.28. The van der Waals surface area contributed by atoms with Gasteiger partial charge in [0, 0.05) is 13.1 Å².